The number of thioether (sulfide) groups is 1. The largest absolute Gasteiger partial charge is 0.381 e. The predicted molar refractivity (Wildman–Crippen MR) is 88.8 cm³/mol. The molecule has 3 rings (SSSR count). The summed E-state index contributed by atoms with van der Waals surface area (Å²) in [7, 11) is 0. The zero-order chi connectivity index (χ0) is 14.5. The number of para-hydroxylation sites is 1. The molecule has 0 spiro atoms. The lowest BCUT2D eigenvalue weighted by Gasteiger charge is -2.22. The van der Waals surface area contributed by atoms with Crippen LogP contribution in [0.3, 0.4) is 0 Å². The maximum atomic E-state index is 5.46. The fourth-order valence-electron chi connectivity index (χ4n) is 2.58. The lowest BCUT2D eigenvalue weighted by molar-refractivity contribution is 0.1000. The van der Waals surface area contributed by atoms with Crippen LogP contribution in [0.4, 0.5) is 0 Å². The van der Waals surface area contributed by atoms with Gasteiger partial charge in [-0.2, -0.15) is 0 Å². The molecule has 3 nitrogen and oxygen atoms in total. The number of hydrogen-bond donors (Lipinski definition) is 1. The summed E-state index contributed by atoms with van der Waals surface area (Å²) in [6.45, 7) is 5.77. The molecule has 112 valence electrons. The van der Waals surface area contributed by atoms with Gasteiger partial charge in [-0.15, -0.1) is 11.8 Å². The molecule has 1 aromatic heterocycles. The second-order valence-corrected chi connectivity index (χ2v) is 6.64. The lowest BCUT2D eigenvalue weighted by atomic mass is 10.1. The summed E-state index contributed by atoms with van der Waals surface area (Å²) in [5.41, 5.74) is 2.40. The SMILES string of the molecule is CCNCc1cc2ccccc2nc1SC1CCOCC1. The molecule has 21 heavy (non-hydrogen) atoms. The molecule has 1 aliphatic heterocycles. The minimum atomic E-state index is 0.632. The topological polar surface area (TPSA) is 34.2 Å². The van der Waals surface area contributed by atoms with Crippen molar-refractivity contribution in [1.29, 1.82) is 0 Å². The van der Waals surface area contributed by atoms with Gasteiger partial charge in [0, 0.05) is 30.4 Å². The van der Waals surface area contributed by atoms with Crippen LogP contribution in [0.2, 0.25) is 0 Å². The summed E-state index contributed by atoms with van der Waals surface area (Å²) in [5, 5.41) is 6.47. The number of fused-ring (bicyclic) bond motifs is 1. The number of ether oxygens (including phenoxy) is 1. The highest BCUT2D eigenvalue weighted by atomic mass is 32.2. The second kappa shape index (κ2) is 7.25. The molecule has 2 heterocycles. The fourth-order valence-corrected chi connectivity index (χ4v) is 3.76. The average molecular weight is 302 g/mol. The minimum absolute atomic E-state index is 0.632. The number of hydrogen-bond acceptors (Lipinski definition) is 4. The van der Waals surface area contributed by atoms with E-state index < -0.39 is 0 Å². The van der Waals surface area contributed by atoms with E-state index in [1.54, 1.807) is 0 Å². The van der Waals surface area contributed by atoms with Crippen LogP contribution in [0.25, 0.3) is 10.9 Å². The van der Waals surface area contributed by atoms with Gasteiger partial charge >= 0.3 is 0 Å². The number of pyridine rings is 1. The third-order valence-electron chi connectivity index (χ3n) is 3.78. The Bertz CT molecular complexity index is 596. The molecule has 0 amide bonds. The second-order valence-electron chi connectivity index (χ2n) is 5.36. The molecule has 0 saturated carbocycles. The van der Waals surface area contributed by atoms with Crippen LogP contribution in [-0.4, -0.2) is 30.0 Å². The minimum Gasteiger partial charge on any atom is -0.381 e. The van der Waals surface area contributed by atoms with Crippen LogP contribution in [0.1, 0.15) is 25.3 Å². The number of nitrogens with zero attached hydrogens (tertiary/aromatic N) is 1. The van der Waals surface area contributed by atoms with Crippen LogP contribution in [-0.2, 0) is 11.3 Å². The van der Waals surface area contributed by atoms with Crippen LogP contribution in [0.5, 0.6) is 0 Å². The van der Waals surface area contributed by atoms with Gasteiger partial charge in [0.2, 0.25) is 0 Å². The van der Waals surface area contributed by atoms with Crippen molar-refractivity contribution in [3.8, 4) is 0 Å². The third kappa shape index (κ3) is 3.76. The summed E-state index contributed by atoms with van der Waals surface area (Å²) in [6.07, 6.45) is 2.25. The van der Waals surface area contributed by atoms with Gasteiger partial charge in [-0.05, 0) is 37.1 Å². The van der Waals surface area contributed by atoms with Gasteiger partial charge in [0.05, 0.1) is 5.52 Å². The van der Waals surface area contributed by atoms with E-state index in [9.17, 15) is 0 Å². The maximum absolute atomic E-state index is 5.46. The summed E-state index contributed by atoms with van der Waals surface area (Å²) in [6, 6.07) is 10.7. The van der Waals surface area contributed by atoms with E-state index in [1.165, 1.54) is 16.0 Å². The first-order valence-corrected chi connectivity index (χ1v) is 8.58. The predicted octanol–water partition coefficient (Wildman–Crippen LogP) is 3.62. The summed E-state index contributed by atoms with van der Waals surface area (Å²) in [5.74, 6) is 0. The zero-order valence-corrected chi connectivity index (χ0v) is 13.3. The molecular formula is C17H22N2OS. The Labute approximate surface area is 130 Å². The van der Waals surface area contributed by atoms with Crippen molar-refractivity contribution in [2.75, 3.05) is 19.8 Å². The maximum Gasteiger partial charge on any atom is 0.101 e. The zero-order valence-electron chi connectivity index (χ0n) is 12.5. The molecule has 1 fully saturated rings. The van der Waals surface area contributed by atoms with E-state index in [-0.39, 0.29) is 0 Å². The first-order chi connectivity index (χ1) is 10.4. The Morgan fingerprint density at radius 3 is 2.90 bits per heavy atom. The molecule has 0 aliphatic carbocycles. The quantitative estimate of drug-likeness (QED) is 0.915. The third-order valence-corrected chi connectivity index (χ3v) is 5.16. The lowest BCUT2D eigenvalue weighted by Crippen LogP contribution is -2.18. The molecule has 0 atom stereocenters. The highest BCUT2D eigenvalue weighted by Gasteiger charge is 2.18. The standard InChI is InChI=1S/C17H22N2OS/c1-2-18-12-14-11-13-5-3-4-6-16(13)19-17(14)21-15-7-9-20-10-8-15/h3-6,11,15,18H,2,7-10,12H2,1H3. The molecule has 1 aliphatic rings. The molecule has 0 unspecified atom stereocenters. The Kier molecular flexibility index (Phi) is 5.12. The Morgan fingerprint density at radius 1 is 1.29 bits per heavy atom. The summed E-state index contributed by atoms with van der Waals surface area (Å²) < 4.78 is 5.46. The van der Waals surface area contributed by atoms with E-state index in [1.807, 2.05) is 11.8 Å². The fraction of sp³-hybridized carbons (Fsp3) is 0.471. The highest BCUT2D eigenvalue weighted by molar-refractivity contribution is 7.99. The summed E-state index contributed by atoms with van der Waals surface area (Å²) in [4.78, 5) is 4.90. The van der Waals surface area contributed by atoms with Crippen molar-refractivity contribution in [3.63, 3.8) is 0 Å². The number of rotatable bonds is 5. The first kappa shape index (κ1) is 14.8. The monoisotopic (exact) mass is 302 g/mol. The van der Waals surface area contributed by atoms with Gasteiger partial charge in [-0.3, -0.25) is 0 Å². The molecule has 4 heteroatoms. The highest BCUT2D eigenvalue weighted by Crippen LogP contribution is 2.32. The van der Waals surface area contributed by atoms with Crippen molar-refractivity contribution >= 4 is 22.7 Å². The molecule has 1 saturated heterocycles. The van der Waals surface area contributed by atoms with Gasteiger partial charge in [0.15, 0.2) is 0 Å². The number of nitrogens with one attached hydrogen (secondary N) is 1. The molecule has 1 aromatic carbocycles. The molecular weight excluding hydrogens is 280 g/mol. The Morgan fingerprint density at radius 2 is 2.10 bits per heavy atom. The van der Waals surface area contributed by atoms with E-state index in [0.29, 0.717) is 5.25 Å². The Balaban J connectivity index is 1.88. The van der Waals surface area contributed by atoms with Crippen molar-refractivity contribution in [3.05, 3.63) is 35.9 Å². The van der Waals surface area contributed by atoms with Crippen LogP contribution >= 0.6 is 11.8 Å². The van der Waals surface area contributed by atoms with E-state index in [2.05, 4.69) is 42.6 Å². The number of benzene rings is 1. The van der Waals surface area contributed by atoms with Gasteiger partial charge in [0.25, 0.3) is 0 Å². The van der Waals surface area contributed by atoms with Crippen LogP contribution < -0.4 is 5.32 Å². The van der Waals surface area contributed by atoms with Crippen molar-refractivity contribution < 1.29 is 4.74 Å². The summed E-state index contributed by atoms with van der Waals surface area (Å²) >= 11 is 1.93. The van der Waals surface area contributed by atoms with Gasteiger partial charge in [0.1, 0.15) is 5.03 Å². The van der Waals surface area contributed by atoms with Crippen molar-refractivity contribution in [1.82, 2.24) is 10.3 Å². The van der Waals surface area contributed by atoms with E-state index >= 15 is 0 Å². The molecule has 2 aromatic rings. The smallest absolute Gasteiger partial charge is 0.101 e. The van der Waals surface area contributed by atoms with Gasteiger partial charge < -0.3 is 10.1 Å². The van der Waals surface area contributed by atoms with E-state index in [4.69, 9.17) is 9.72 Å². The Hall–Kier alpha value is -1.10. The molecule has 0 radical (unpaired) electrons. The normalized spacial score (nSPS) is 16.4. The van der Waals surface area contributed by atoms with Crippen molar-refractivity contribution in [2.45, 2.75) is 36.6 Å². The van der Waals surface area contributed by atoms with Crippen molar-refractivity contribution in [2.24, 2.45) is 0 Å². The molecule has 1 N–H and O–H groups in total. The van der Waals surface area contributed by atoms with Gasteiger partial charge in [-0.25, -0.2) is 4.98 Å². The van der Waals surface area contributed by atoms with Crippen LogP contribution in [0.15, 0.2) is 35.4 Å². The number of aromatic nitrogens is 1. The molecule has 0 bridgehead atoms. The first-order valence-electron chi connectivity index (χ1n) is 7.70. The van der Waals surface area contributed by atoms with Gasteiger partial charge in [-0.1, -0.05) is 25.1 Å². The van der Waals surface area contributed by atoms with Crippen LogP contribution in [0, 0.1) is 0 Å². The van der Waals surface area contributed by atoms with E-state index in [0.717, 1.165) is 44.7 Å². The average Bonchev–Trinajstić information content (AvgIpc) is 2.54.